The predicted molar refractivity (Wildman–Crippen MR) is 88.3 cm³/mol. The fraction of sp³-hybridized carbons (Fsp3) is 0. The van der Waals surface area contributed by atoms with Crippen LogP contribution in [0, 0.1) is 0 Å². The highest BCUT2D eigenvalue weighted by molar-refractivity contribution is 7.14. The molecule has 4 rings (SSSR count). The Labute approximate surface area is 126 Å². The normalized spacial score (nSPS) is 10.9. The van der Waals surface area contributed by atoms with E-state index in [1.807, 2.05) is 29.9 Å². The molecular weight excluding hydrogens is 276 g/mol. The second kappa shape index (κ2) is 5.11. The molecule has 100 valence electrons. The van der Waals surface area contributed by atoms with E-state index in [0.717, 1.165) is 11.4 Å². The van der Waals surface area contributed by atoms with Gasteiger partial charge in [-0.2, -0.15) is 0 Å². The van der Waals surface area contributed by atoms with Gasteiger partial charge in [0.05, 0.1) is 16.1 Å². The van der Waals surface area contributed by atoms with Crippen LogP contribution in [-0.2, 0) is 0 Å². The second-order valence-corrected chi connectivity index (χ2v) is 5.63. The van der Waals surface area contributed by atoms with E-state index in [-0.39, 0.29) is 0 Å². The monoisotopic (exact) mass is 288 g/mol. The SMILES string of the molecule is c1ccc(-c2ncsc2-c2cccc3ccccc23)nc1. The van der Waals surface area contributed by atoms with Gasteiger partial charge in [0.2, 0.25) is 0 Å². The molecule has 0 aliphatic rings. The molecule has 0 spiro atoms. The summed E-state index contributed by atoms with van der Waals surface area (Å²) in [5, 5.41) is 2.50. The van der Waals surface area contributed by atoms with Crippen molar-refractivity contribution in [2.75, 3.05) is 0 Å². The van der Waals surface area contributed by atoms with Gasteiger partial charge in [-0.1, -0.05) is 48.5 Å². The van der Waals surface area contributed by atoms with Crippen LogP contribution in [0.3, 0.4) is 0 Å². The van der Waals surface area contributed by atoms with Crippen molar-refractivity contribution < 1.29 is 0 Å². The van der Waals surface area contributed by atoms with E-state index in [1.165, 1.54) is 21.2 Å². The number of hydrogen-bond acceptors (Lipinski definition) is 3. The van der Waals surface area contributed by atoms with Crippen LogP contribution in [0.25, 0.3) is 32.6 Å². The van der Waals surface area contributed by atoms with Crippen LogP contribution in [0.15, 0.2) is 72.4 Å². The molecule has 4 aromatic rings. The third kappa shape index (κ3) is 2.12. The molecule has 21 heavy (non-hydrogen) atoms. The fourth-order valence-electron chi connectivity index (χ4n) is 2.55. The van der Waals surface area contributed by atoms with E-state index in [4.69, 9.17) is 0 Å². The van der Waals surface area contributed by atoms with Gasteiger partial charge in [0, 0.05) is 11.8 Å². The highest BCUT2D eigenvalue weighted by atomic mass is 32.1. The Balaban J connectivity index is 1.97. The van der Waals surface area contributed by atoms with Gasteiger partial charge >= 0.3 is 0 Å². The van der Waals surface area contributed by atoms with E-state index >= 15 is 0 Å². The van der Waals surface area contributed by atoms with Crippen LogP contribution in [0.1, 0.15) is 0 Å². The first-order chi connectivity index (χ1) is 10.4. The number of pyridine rings is 1. The van der Waals surface area contributed by atoms with Gasteiger partial charge in [0.15, 0.2) is 0 Å². The van der Waals surface area contributed by atoms with Crippen LogP contribution in [-0.4, -0.2) is 9.97 Å². The van der Waals surface area contributed by atoms with Gasteiger partial charge < -0.3 is 0 Å². The molecule has 0 fully saturated rings. The Morgan fingerprint density at radius 1 is 0.762 bits per heavy atom. The number of nitrogens with zero attached hydrogens (tertiary/aromatic N) is 2. The molecule has 0 bridgehead atoms. The zero-order valence-corrected chi connectivity index (χ0v) is 12.0. The summed E-state index contributed by atoms with van der Waals surface area (Å²) in [6.45, 7) is 0. The summed E-state index contributed by atoms with van der Waals surface area (Å²) < 4.78 is 0. The lowest BCUT2D eigenvalue weighted by Gasteiger charge is -2.06. The molecule has 0 unspecified atom stereocenters. The fourth-order valence-corrected chi connectivity index (χ4v) is 3.38. The highest BCUT2D eigenvalue weighted by Gasteiger charge is 2.13. The van der Waals surface area contributed by atoms with Gasteiger partial charge in [0.1, 0.15) is 5.69 Å². The molecule has 0 saturated carbocycles. The second-order valence-electron chi connectivity index (χ2n) is 4.77. The largest absolute Gasteiger partial charge is 0.255 e. The van der Waals surface area contributed by atoms with E-state index in [9.17, 15) is 0 Å². The minimum Gasteiger partial charge on any atom is -0.255 e. The average molecular weight is 288 g/mol. The van der Waals surface area contributed by atoms with Crippen molar-refractivity contribution in [3.8, 4) is 21.8 Å². The Morgan fingerprint density at radius 2 is 1.62 bits per heavy atom. The molecular formula is C18H12N2S. The molecule has 0 saturated heterocycles. The molecule has 0 aliphatic carbocycles. The van der Waals surface area contributed by atoms with Crippen LogP contribution in [0.4, 0.5) is 0 Å². The lowest BCUT2D eigenvalue weighted by atomic mass is 10.0. The number of hydrogen-bond donors (Lipinski definition) is 0. The summed E-state index contributed by atoms with van der Waals surface area (Å²) in [4.78, 5) is 10.1. The van der Waals surface area contributed by atoms with E-state index in [1.54, 1.807) is 11.3 Å². The number of aromatic nitrogens is 2. The lowest BCUT2D eigenvalue weighted by Crippen LogP contribution is -1.86. The maximum atomic E-state index is 4.53. The van der Waals surface area contributed by atoms with Crippen molar-refractivity contribution in [1.29, 1.82) is 0 Å². The van der Waals surface area contributed by atoms with Crippen LogP contribution < -0.4 is 0 Å². The molecule has 0 aliphatic heterocycles. The molecule has 2 nitrogen and oxygen atoms in total. The summed E-state index contributed by atoms with van der Waals surface area (Å²) in [5.74, 6) is 0. The average Bonchev–Trinajstić information content (AvgIpc) is 3.04. The van der Waals surface area contributed by atoms with Crippen LogP contribution >= 0.6 is 11.3 Å². The maximum absolute atomic E-state index is 4.53. The molecule has 0 amide bonds. The van der Waals surface area contributed by atoms with Crippen molar-refractivity contribution in [2.24, 2.45) is 0 Å². The van der Waals surface area contributed by atoms with Gasteiger partial charge in [0.25, 0.3) is 0 Å². The zero-order chi connectivity index (χ0) is 14.1. The van der Waals surface area contributed by atoms with Gasteiger partial charge in [-0.15, -0.1) is 11.3 Å². The first-order valence-corrected chi connectivity index (χ1v) is 7.64. The Hall–Kier alpha value is -2.52. The Bertz CT molecular complexity index is 892. The van der Waals surface area contributed by atoms with Crippen molar-refractivity contribution in [2.45, 2.75) is 0 Å². The first kappa shape index (κ1) is 12.2. The summed E-state index contributed by atoms with van der Waals surface area (Å²) >= 11 is 1.66. The minimum atomic E-state index is 0.918. The summed E-state index contributed by atoms with van der Waals surface area (Å²) in [6.07, 6.45) is 1.81. The van der Waals surface area contributed by atoms with Crippen LogP contribution in [0.5, 0.6) is 0 Å². The summed E-state index contributed by atoms with van der Waals surface area (Å²) in [6, 6.07) is 20.8. The molecule has 2 heterocycles. The third-order valence-corrected chi connectivity index (χ3v) is 4.37. The highest BCUT2D eigenvalue weighted by Crippen LogP contribution is 2.37. The topological polar surface area (TPSA) is 25.8 Å². The maximum Gasteiger partial charge on any atom is 0.107 e. The van der Waals surface area contributed by atoms with Crippen LogP contribution in [0.2, 0.25) is 0 Å². The molecule has 0 atom stereocenters. The quantitative estimate of drug-likeness (QED) is 0.517. The Morgan fingerprint density at radius 3 is 2.52 bits per heavy atom. The molecule has 0 radical (unpaired) electrons. The number of benzene rings is 2. The van der Waals surface area contributed by atoms with E-state index < -0.39 is 0 Å². The van der Waals surface area contributed by atoms with Gasteiger partial charge in [-0.3, -0.25) is 4.98 Å². The lowest BCUT2D eigenvalue weighted by molar-refractivity contribution is 1.28. The number of rotatable bonds is 2. The summed E-state index contributed by atoms with van der Waals surface area (Å²) in [7, 11) is 0. The van der Waals surface area contributed by atoms with Crippen molar-refractivity contribution in [1.82, 2.24) is 9.97 Å². The van der Waals surface area contributed by atoms with E-state index in [2.05, 4.69) is 52.4 Å². The minimum absolute atomic E-state index is 0.918. The predicted octanol–water partition coefficient (Wildman–Crippen LogP) is 5.03. The van der Waals surface area contributed by atoms with Crippen molar-refractivity contribution >= 4 is 22.1 Å². The first-order valence-electron chi connectivity index (χ1n) is 6.76. The molecule has 2 aromatic heterocycles. The number of fused-ring (bicyclic) bond motifs is 1. The Kier molecular flexibility index (Phi) is 2.98. The third-order valence-electron chi connectivity index (χ3n) is 3.51. The van der Waals surface area contributed by atoms with Gasteiger partial charge in [-0.05, 0) is 22.9 Å². The molecule has 0 N–H and O–H groups in total. The van der Waals surface area contributed by atoms with E-state index in [0.29, 0.717) is 0 Å². The zero-order valence-electron chi connectivity index (χ0n) is 11.2. The summed E-state index contributed by atoms with van der Waals surface area (Å²) in [5.41, 5.74) is 4.98. The molecule has 2 aromatic carbocycles. The molecule has 3 heteroatoms. The van der Waals surface area contributed by atoms with Crippen molar-refractivity contribution in [3.05, 3.63) is 72.4 Å². The number of thiazole rings is 1. The standard InChI is InChI=1S/C18H12N2S/c1-2-8-14-13(6-1)7-5-9-15(14)18-17(20-12-21-18)16-10-3-4-11-19-16/h1-12H. The van der Waals surface area contributed by atoms with Gasteiger partial charge in [-0.25, -0.2) is 4.98 Å². The smallest absolute Gasteiger partial charge is 0.107 e. The van der Waals surface area contributed by atoms with Crippen molar-refractivity contribution in [3.63, 3.8) is 0 Å².